The van der Waals surface area contributed by atoms with Gasteiger partial charge < -0.3 is 16.0 Å². The van der Waals surface area contributed by atoms with E-state index in [9.17, 15) is 4.39 Å². The number of H-pyrrole nitrogens is 1. The zero-order valence-corrected chi connectivity index (χ0v) is 13.1. The molecule has 0 saturated heterocycles. The van der Waals surface area contributed by atoms with Gasteiger partial charge in [-0.15, -0.1) is 0 Å². The maximum atomic E-state index is 13.7. The number of aromatic amines is 1. The Morgan fingerprint density at radius 3 is 2.79 bits per heavy atom. The van der Waals surface area contributed by atoms with Crippen LogP contribution in [-0.2, 0) is 6.54 Å². The van der Waals surface area contributed by atoms with E-state index < -0.39 is 0 Å². The largest absolute Gasteiger partial charge is 0.380 e. The lowest BCUT2D eigenvalue weighted by Gasteiger charge is -2.12. The maximum absolute atomic E-state index is 13.7. The Bertz CT molecular complexity index is 858. The summed E-state index contributed by atoms with van der Waals surface area (Å²) < 4.78 is 13.7. The first-order chi connectivity index (χ1) is 11.7. The average Bonchev–Trinajstić information content (AvgIpc) is 2.99. The topological polar surface area (TPSA) is 89.5 Å². The molecule has 0 radical (unpaired) electrons. The maximum Gasteiger partial charge on any atom is 0.153 e. The van der Waals surface area contributed by atoms with Crippen molar-refractivity contribution in [2.24, 2.45) is 0 Å². The molecule has 6 nitrogen and oxygen atoms in total. The minimum atomic E-state index is -0.263. The van der Waals surface area contributed by atoms with Gasteiger partial charge in [0.05, 0.1) is 0 Å². The number of pyridine rings is 1. The van der Waals surface area contributed by atoms with E-state index in [2.05, 4.69) is 25.8 Å². The molecule has 24 heavy (non-hydrogen) atoms. The van der Waals surface area contributed by atoms with Crippen molar-refractivity contribution in [1.29, 1.82) is 5.41 Å². The molecule has 2 aromatic heterocycles. The molecule has 0 amide bonds. The van der Waals surface area contributed by atoms with Crippen molar-refractivity contribution in [2.45, 2.75) is 13.5 Å². The molecular weight excluding hydrogens is 307 g/mol. The van der Waals surface area contributed by atoms with E-state index in [0.29, 0.717) is 35.0 Å². The van der Waals surface area contributed by atoms with Crippen LogP contribution in [0.3, 0.4) is 0 Å². The van der Waals surface area contributed by atoms with Crippen LogP contribution >= 0.6 is 0 Å². The van der Waals surface area contributed by atoms with Gasteiger partial charge in [-0.2, -0.15) is 5.10 Å². The highest BCUT2D eigenvalue weighted by Crippen LogP contribution is 2.21. The summed E-state index contributed by atoms with van der Waals surface area (Å²) in [5.74, 6) is 0.978. The van der Waals surface area contributed by atoms with Crippen LogP contribution in [0.25, 0.3) is 0 Å². The van der Waals surface area contributed by atoms with Crippen LogP contribution in [-0.4, -0.2) is 21.4 Å². The smallest absolute Gasteiger partial charge is 0.153 e. The summed E-state index contributed by atoms with van der Waals surface area (Å²) in [6.45, 7) is 2.23. The molecule has 0 spiro atoms. The number of aryl methyl sites for hydroxylation is 1. The van der Waals surface area contributed by atoms with Gasteiger partial charge in [0.2, 0.25) is 0 Å². The molecule has 3 rings (SSSR count). The van der Waals surface area contributed by atoms with Crippen LogP contribution < -0.4 is 10.6 Å². The fraction of sp³-hybridized carbons (Fsp3) is 0.118. The van der Waals surface area contributed by atoms with Gasteiger partial charge in [-0.3, -0.25) is 5.10 Å². The predicted molar refractivity (Wildman–Crippen MR) is 92.5 cm³/mol. The quantitative estimate of drug-likeness (QED) is 0.522. The van der Waals surface area contributed by atoms with Crippen molar-refractivity contribution in [3.63, 3.8) is 0 Å². The summed E-state index contributed by atoms with van der Waals surface area (Å²) in [6, 6.07) is 10.2. The van der Waals surface area contributed by atoms with Crippen molar-refractivity contribution >= 4 is 23.5 Å². The molecule has 0 aliphatic rings. The van der Waals surface area contributed by atoms with E-state index in [1.54, 1.807) is 30.5 Å². The van der Waals surface area contributed by atoms with Gasteiger partial charge in [0.15, 0.2) is 5.82 Å². The number of anilines is 3. The highest BCUT2D eigenvalue weighted by Gasteiger charge is 2.07. The van der Waals surface area contributed by atoms with Crippen LogP contribution in [0.4, 0.5) is 21.7 Å². The lowest BCUT2D eigenvalue weighted by Crippen LogP contribution is -2.05. The third-order valence-corrected chi connectivity index (χ3v) is 3.48. The van der Waals surface area contributed by atoms with E-state index in [1.165, 1.54) is 12.3 Å². The molecule has 4 N–H and O–H groups in total. The van der Waals surface area contributed by atoms with Crippen molar-refractivity contribution in [1.82, 2.24) is 15.2 Å². The molecule has 122 valence electrons. The summed E-state index contributed by atoms with van der Waals surface area (Å²) in [6.07, 6.45) is 2.79. The van der Waals surface area contributed by atoms with E-state index in [-0.39, 0.29) is 5.82 Å². The summed E-state index contributed by atoms with van der Waals surface area (Å²) in [5, 5.41) is 20.7. The van der Waals surface area contributed by atoms with E-state index in [1.807, 2.05) is 13.0 Å². The standard InChI is InChI=1S/C17H17FN6/c1-11-6-17(24-23-11)22-16-7-15(13(8-19)10-21-16)20-9-12-4-2-3-5-14(12)18/h2-8,10,19H,9H2,1H3,(H3,20,21,22,23,24). The Morgan fingerprint density at radius 2 is 2.08 bits per heavy atom. The minimum absolute atomic E-state index is 0.263. The van der Waals surface area contributed by atoms with Crippen LogP contribution in [0.1, 0.15) is 16.8 Å². The molecule has 0 bridgehead atoms. The Labute approximate surface area is 138 Å². The Hall–Kier alpha value is -3.22. The first-order valence-electron chi connectivity index (χ1n) is 7.42. The normalized spacial score (nSPS) is 10.4. The van der Waals surface area contributed by atoms with Crippen molar-refractivity contribution in [3.05, 3.63) is 65.2 Å². The molecule has 2 heterocycles. The van der Waals surface area contributed by atoms with Crippen molar-refractivity contribution < 1.29 is 4.39 Å². The second kappa shape index (κ2) is 6.91. The Kier molecular flexibility index (Phi) is 4.51. The molecule has 7 heteroatoms. The minimum Gasteiger partial charge on any atom is -0.380 e. The zero-order chi connectivity index (χ0) is 16.9. The van der Waals surface area contributed by atoms with Gasteiger partial charge in [0.25, 0.3) is 0 Å². The zero-order valence-electron chi connectivity index (χ0n) is 13.1. The lowest BCUT2D eigenvalue weighted by atomic mass is 10.2. The van der Waals surface area contributed by atoms with Gasteiger partial charge in [-0.05, 0) is 13.0 Å². The van der Waals surface area contributed by atoms with E-state index in [4.69, 9.17) is 5.41 Å². The Balaban J connectivity index is 1.79. The third-order valence-electron chi connectivity index (χ3n) is 3.48. The second-order valence-corrected chi connectivity index (χ2v) is 5.31. The van der Waals surface area contributed by atoms with Crippen molar-refractivity contribution in [2.75, 3.05) is 10.6 Å². The van der Waals surface area contributed by atoms with Crippen molar-refractivity contribution in [3.8, 4) is 0 Å². The number of benzene rings is 1. The van der Waals surface area contributed by atoms with E-state index >= 15 is 0 Å². The predicted octanol–water partition coefficient (Wildman–Crippen LogP) is 3.61. The summed E-state index contributed by atoms with van der Waals surface area (Å²) in [5.41, 5.74) is 2.81. The number of halogens is 1. The van der Waals surface area contributed by atoms with Gasteiger partial charge >= 0.3 is 0 Å². The van der Waals surface area contributed by atoms with Crippen LogP contribution in [0, 0.1) is 18.2 Å². The number of rotatable bonds is 6. The highest BCUT2D eigenvalue weighted by molar-refractivity contribution is 5.86. The van der Waals surface area contributed by atoms with Gasteiger partial charge in [-0.25, -0.2) is 9.37 Å². The second-order valence-electron chi connectivity index (χ2n) is 5.31. The Morgan fingerprint density at radius 1 is 1.25 bits per heavy atom. The number of nitrogens with one attached hydrogen (secondary N) is 4. The fourth-order valence-corrected chi connectivity index (χ4v) is 2.25. The van der Waals surface area contributed by atoms with Crippen LogP contribution in [0.5, 0.6) is 0 Å². The summed E-state index contributed by atoms with van der Waals surface area (Å²) >= 11 is 0. The SMILES string of the molecule is Cc1cc(Nc2cc(NCc3ccccc3F)c(C=N)cn2)n[nH]1. The molecule has 0 unspecified atom stereocenters. The molecule has 3 aromatic rings. The van der Waals surface area contributed by atoms with Gasteiger partial charge in [-0.1, -0.05) is 18.2 Å². The molecule has 0 aliphatic heterocycles. The van der Waals surface area contributed by atoms with Crippen LogP contribution in [0.15, 0.2) is 42.6 Å². The number of aromatic nitrogens is 3. The number of hydrogen-bond acceptors (Lipinski definition) is 5. The van der Waals surface area contributed by atoms with Crippen LogP contribution in [0.2, 0.25) is 0 Å². The van der Waals surface area contributed by atoms with E-state index in [0.717, 1.165) is 5.69 Å². The molecule has 0 aliphatic carbocycles. The summed E-state index contributed by atoms with van der Waals surface area (Å²) in [4.78, 5) is 4.26. The van der Waals surface area contributed by atoms with Gasteiger partial charge in [0, 0.05) is 53.6 Å². The first kappa shape index (κ1) is 15.7. The van der Waals surface area contributed by atoms with Gasteiger partial charge in [0.1, 0.15) is 11.6 Å². The molecule has 0 saturated carbocycles. The molecule has 0 atom stereocenters. The summed E-state index contributed by atoms with van der Waals surface area (Å²) in [7, 11) is 0. The number of hydrogen-bond donors (Lipinski definition) is 4. The molecule has 1 aromatic carbocycles. The third kappa shape index (κ3) is 3.57. The lowest BCUT2D eigenvalue weighted by molar-refractivity contribution is 0.613. The highest BCUT2D eigenvalue weighted by atomic mass is 19.1. The fourth-order valence-electron chi connectivity index (χ4n) is 2.25. The first-order valence-corrected chi connectivity index (χ1v) is 7.42. The molecule has 0 fully saturated rings. The molecular formula is C17H17FN6. The number of nitrogens with zero attached hydrogens (tertiary/aromatic N) is 2. The average molecular weight is 324 g/mol. The monoisotopic (exact) mass is 324 g/mol.